The van der Waals surface area contributed by atoms with Gasteiger partial charge in [-0.1, -0.05) is 18.2 Å². The molecule has 0 saturated carbocycles. The quantitative estimate of drug-likeness (QED) is 0.723. The smallest absolute Gasteiger partial charge is 0.242 e. The summed E-state index contributed by atoms with van der Waals surface area (Å²) in [5, 5.41) is 8.56. The monoisotopic (exact) mass is 364 g/mol. The van der Waals surface area contributed by atoms with Crippen LogP contribution in [-0.4, -0.2) is 47.8 Å². The highest BCUT2D eigenvalue weighted by molar-refractivity contribution is 5.99. The molecule has 3 aromatic rings. The molecular formula is C21H21FN4O. The molecule has 0 spiro atoms. The number of para-hydroxylation sites is 1. The van der Waals surface area contributed by atoms with E-state index in [-0.39, 0.29) is 18.3 Å². The zero-order chi connectivity index (χ0) is 18.8. The molecule has 0 aliphatic carbocycles. The summed E-state index contributed by atoms with van der Waals surface area (Å²) in [4.78, 5) is 16.8. The topological polar surface area (TPSA) is 52.3 Å². The van der Waals surface area contributed by atoms with Crippen molar-refractivity contribution in [1.29, 1.82) is 5.41 Å². The second kappa shape index (κ2) is 7.23. The van der Waals surface area contributed by atoms with E-state index >= 15 is 0 Å². The number of hydrogen-bond acceptors (Lipinski definition) is 3. The van der Waals surface area contributed by atoms with Gasteiger partial charge < -0.3 is 19.8 Å². The first-order chi connectivity index (χ1) is 13.2. The maximum atomic E-state index is 13.1. The number of carbonyl (C=O) groups excluding carboxylic acids is 1. The maximum Gasteiger partial charge on any atom is 0.242 e. The van der Waals surface area contributed by atoms with Crippen LogP contribution in [0.25, 0.3) is 10.9 Å². The van der Waals surface area contributed by atoms with Crippen LogP contribution in [0, 0.1) is 11.2 Å². The van der Waals surface area contributed by atoms with E-state index < -0.39 is 0 Å². The summed E-state index contributed by atoms with van der Waals surface area (Å²) in [5.41, 5.74) is 2.77. The van der Waals surface area contributed by atoms with Crippen LogP contribution < -0.4 is 4.90 Å². The first kappa shape index (κ1) is 17.3. The van der Waals surface area contributed by atoms with Crippen molar-refractivity contribution in [2.75, 3.05) is 31.1 Å². The fraction of sp³-hybridized carbons (Fsp3) is 0.238. The summed E-state index contributed by atoms with van der Waals surface area (Å²) >= 11 is 0. The lowest BCUT2D eigenvalue weighted by Crippen LogP contribution is -2.49. The van der Waals surface area contributed by atoms with Crippen molar-refractivity contribution >= 4 is 28.7 Å². The number of nitrogens with zero attached hydrogens (tertiary/aromatic N) is 3. The van der Waals surface area contributed by atoms with Crippen LogP contribution in [0.1, 0.15) is 5.56 Å². The number of anilines is 1. The maximum absolute atomic E-state index is 13.1. The van der Waals surface area contributed by atoms with Crippen LogP contribution in [0.5, 0.6) is 0 Å². The number of rotatable bonds is 4. The zero-order valence-electron chi connectivity index (χ0n) is 14.9. The molecule has 1 aliphatic rings. The van der Waals surface area contributed by atoms with Crippen molar-refractivity contribution in [2.45, 2.75) is 6.54 Å². The van der Waals surface area contributed by atoms with E-state index in [0.29, 0.717) is 13.1 Å². The van der Waals surface area contributed by atoms with Gasteiger partial charge in [0, 0.05) is 60.7 Å². The number of carbonyl (C=O) groups is 1. The number of nitrogens with one attached hydrogen (secondary N) is 1. The third-order valence-corrected chi connectivity index (χ3v) is 5.10. The molecule has 2 aromatic carbocycles. The average Bonchev–Trinajstić information content (AvgIpc) is 3.06. The van der Waals surface area contributed by atoms with Crippen LogP contribution in [0.4, 0.5) is 10.1 Å². The van der Waals surface area contributed by atoms with Gasteiger partial charge in [-0.05, 0) is 30.3 Å². The summed E-state index contributed by atoms with van der Waals surface area (Å²) < 4.78 is 15.0. The summed E-state index contributed by atoms with van der Waals surface area (Å²) in [6.45, 7) is 3.02. The van der Waals surface area contributed by atoms with E-state index in [0.717, 1.165) is 35.2 Å². The Morgan fingerprint density at radius 1 is 1.04 bits per heavy atom. The van der Waals surface area contributed by atoms with Crippen LogP contribution in [0.15, 0.2) is 54.7 Å². The Hall–Kier alpha value is -3.15. The standard InChI is InChI=1S/C21H21FN4O/c22-17-5-7-18(8-6-17)24-9-11-25(12-10-24)21(27)15-26-14-16(13-23)19-3-1-2-4-20(19)26/h1-8,13-14,23H,9-12,15H2. The summed E-state index contributed by atoms with van der Waals surface area (Å²) in [5.74, 6) is -0.165. The highest BCUT2D eigenvalue weighted by atomic mass is 19.1. The lowest BCUT2D eigenvalue weighted by Gasteiger charge is -2.36. The minimum absolute atomic E-state index is 0.0750. The van der Waals surface area contributed by atoms with Crippen molar-refractivity contribution < 1.29 is 9.18 Å². The van der Waals surface area contributed by atoms with E-state index in [1.54, 1.807) is 12.1 Å². The predicted octanol–water partition coefficient (Wildman–Crippen LogP) is 3.13. The Balaban J connectivity index is 1.43. The van der Waals surface area contributed by atoms with Crippen LogP contribution in [0.2, 0.25) is 0 Å². The van der Waals surface area contributed by atoms with Crippen molar-refractivity contribution in [3.05, 3.63) is 66.1 Å². The summed E-state index contributed by atoms with van der Waals surface area (Å²) in [7, 11) is 0. The second-order valence-electron chi connectivity index (χ2n) is 6.72. The first-order valence-electron chi connectivity index (χ1n) is 9.02. The molecular weight excluding hydrogens is 343 g/mol. The van der Waals surface area contributed by atoms with E-state index in [4.69, 9.17) is 5.41 Å². The van der Waals surface area contributed by atoms with Gasteiger partial charge in [0.1, 0.15) is 12.4 Å². The lowest BCUT2D eigenvalue weighted by molar-refractivity contribution is -0.132. The van der Waals surface area contributed by atoms with E-state index in [1.807, 2.05) is 39.9 Å². The Labute approximate surface area is 157 Å². The number of hydrogen-bond donors (Lipinski definition) is 1. The number of amides is 1. The second-order valence-corrected chi connectivity index (χ2v) is 6.72. The van der Waals surface area contributed by atoms with Gasteiger partial charge in [0.05, 0.1) is 0 Å². The molecule has 4 rings (SSSR count). The molecule has 1 saturated heterocycles. The van der Waals surface area contributed by atoms with E-state index in [9.17, 15) is 9.18 Å². The van der Waals surface area contributed by atoms with E-state index in [1.165, 1.54) is 18.3 Å². The summed E-state index contributed by atoms with van der Waals surface area (Å²) in [6, 6.07) is 14.3. The van der Waals surface area contributed by atoms with Gasteiger partial charge >= 0.3 is 0 Å². The molecule has 0 radical (unpaired) electrons. The van der Waals surface area contributed by atoms with Gasteiger partial charge in [0.15, 0.2) is 0 Å². The van der Waals surface area contributed by atoms with Crippen molar-refractivity contribution in [3.8, 4) is 0 Å². The van der Waals surface area contributed by atoms with Crippen molar-refractivity contribution in [1.82, 2.24) is 9.47 Å². The van der Waals surface area contributed by atoms with Gasteiger partial charge in [-0.3, -0.25) is 4.79 Å². The minimum atomic E-state index is -0.240. The molecule has 2 heterocycles. The van der Waals surface area contributed by atoms with Gasteiger partial charge in [-0.2, -0.15) is 0 Å². The fourth-order valence-electron chi connectivity index (χ4n) is 3.63. The number of fused-ring (bicyclic) bond motifs is 1. The molecule has 1 aliphatic heterocycles. The van der Waals surface area contributed by atoms with Crippen LogP contribution in [0.3, 0.4) is 0 Å². The fourth-order valence-corrected chi connectivity index (χ4v) is 3.63. The normalized spacial score (nSPS) is 14.6. The number of aromatic nitrogens is 1. The Morgan fingerprint density at radius 2 is 1.74 bits per heavy atom. The van der Waals surface area contributed by atoms with Gasteiger partial charge in [-0.25, -0.2) is 4.39 Å². The largest absolute Gasteiger partial charge is 0.368 e. The van der Waals surface area contributed by atoms with Gasteiger partial charge in [-0.15, -0.1) is 0 Å². The van der Waals surface area contributed by atoms with Crippen LogP contribution in [-0.2, 0) is 11.3 Å². The number of piperazine rings is 1. The Morgan fingerprint density at radius 3 is 2.44 bits per heavy atom. The van der Waals surface area contributed by atoms with Crippen LogP contribution >= 0.6 is 0 Å². The Bertz CT molecular complexity index is 972. The van der Waals surface area contributed by atoms with Gasteiger partial charge in [0.25, 0.3) is 0 Å². The van der Waals surface area contributed by atoms with Crippen molar-refractivity contribution in [2.24, 2.45) is 0 Å². The molecule has 6 heteroatoms. The molecule has 1 N–H and O–H groups in total. The molecule has 5 nitrogen and oxygen atoms in total. The number of halogens is 1. The molecule has 0 atom stereocenters. The number of benzene rings is 2. The predicted molar refractivity (Wildman–Crippen MR) is 105 cm³/mol. The molecule has 138 valence electrons. The zero-order valence-corrected chi connectivity index (χ0v) is 14.9. The molecule has 27 heavy (non-hydrogen) atoms. The molecule has 1 fully saturated rings. The molecule has 0 bridgehead atoms. The summed E-state index contributed by atoms with van der Waals surface area (Å²) in [6.07, 6.45) is 3.19. The van der Waals surface area contributed by atoms with E-state index in [2.05, 4.69) is 4.90 Å². The third-order valence-electron chi connectivity index (χ3n) is 5.10. The van der Waals surface area contributed by atoms with Crippen molar-refractivity contribution in [3.63, 3.8) is 0 Å². The third kappa shape index (κ3) is 3.43. The first-order valence-corrected chi connectivity index (χ1v) is 9.02. The lowest BCUT2D eigenvalue weighted by atomic mass is 10.2. The Kier molecular flexibility index (Phi) is 4.62. The minimum Gasteiger partial charge on any atom is -0.368 e. The molecule has 0 unspecified atom stereocenters. The molecule has 1 amide bonds. The van der Waals surface area contributed by atoms with Gasteiger partial charge in [0.2, 0.25) is 5.91 Å². The molecule has 1 aromatic heterocycles. The SMILES string of the molecule is N=Cc1cn(CC(=O)N2CCN(c3ccc(F)cc3)CC2)c2ccccc12. The highest BCUT2D eigenvalue weighted by Crippen LogP contribution is 2.21. The highest BCUT2D eigenvalue weighted by Gasteiger charge is 2.22. The average molecular weight is 364 g/mol.